The Morgan fingerprint density at radius 3 is 2.73 bits per heavy atom. The van der Waals surface area contributed by atoms with Gasteiger partial charge >= 0.3 is 0 Å². The van der Waals surface area contributed by atoms with Gasteiger partial charge in [-0.1, -0.05) is 23.4 Å². The maximum atomic E-state index is 6.43. The minimum atomic E-state index is 0.306. The van der Waals surface area contributed by atoms with Crippen LogP contribution < -0.4 is 15.8 Å². The molecule has 0 atom stereocenters. The number of nitrogens with zero attached hydrogens (tertiary/aromatic N) is 3. The molecule has 148 valence electrons. The van der Waals surface area contributed by atoms with Gasteiger partial charge in [0.15, 0.2) is 0 Å². The standard InChI is InChI=1S/C23H18ClN5O/c1-15-4-7-18(13-26-15)30-22-9-6-17(12-20(22)24)29-23-19-11-16(3-2-10-25)5-8-21(19)27-14-28-23/h4-9,11-14H,10,25H2,1H3,(H,27,28,29). The second-order valence-electron chi connectivity index (χ2n) is 6.47. The van der Waals surface area contributed by atoms with Crippen molar-refractivity contribution in [3.05, 3.63) is 77.3 Å². The number of nitrogens with one attached hydrogen (secondary N) is 1. The van der Waals surface area contributed by atoms with Crippen LogP contribution in [0.15, 0.2) is 61.1 Å². The van der Waals surface area contributed by atoms with Crippen LogP contribution in [-0.2, 0) is 0 Å². The summed E-state index contributed by atoms with van der Waals surface area (Å²) in [6, 6.07) is 14.9. The predicted molar refractivity (Wildman–Crippen MR) is 119 cm³/mol. The van der Waals surface area contributed by atoms with Gasteiger partial charge in [-0.15, -0.1) is 0 Å². The highest BCUT2D eigenvalue weighted by Crippen LogP contribution is 2.33. The number of hydrogen-bond acceptors (Lipinski definition) is 6. The molecule has 4 rings (SSSR count). The summed E-state index contributed by atoms with van der Waals surface area (Å²) in [5, 5.41) is 4.61. The molecule has 0 saturated carbocycles. The highest BCUT2D eigenvalue weighted by Gasteiger charge is 2.08. The van der Waals surface area contributed by atoms with Crippen molar-refractivity contribution in [1.29, 1.82) is 0 Å². The molecule has 0 aliphatic carbocycles. The zero-order chi connectivity index (χ0) is 20.9. The predicted octanol–water partition coefficient (Wildman–Crippen LogP) is 4.83. The van der Waals surface area contributed by atoms with Crippen molar-refractivity contribution in [1.82, 2.24) is 15.0 Å². The average Bonchev–Trinajstić information content (AvgIpc) is 2.76. The summed E-state index contributed by atoms with van der Waals surface area (Å²) >= 11 is 6.43. The normalized spacial score (nSPS) is 10.4. The van der Waals surface area contributed by atoms with Gasteiger partial charge in [-0.05, 0) is 55.5 Å². The summed E-state index contributed by atoms with van der Waals surface area (Å²) in [4.78, 5) is 12.9. The fraction of sp³-hybridized carbons (Fsp3) is 0.0870. The largest absolute Gasteiger partial charge is 0.454 e. The molecule has 0 aliphatic rings. The van der Waals surface area contributed by atoms with Crippen molar-refractivity contribution in [3.8, 4) is 23.3 Å². The van der Waals surface area contributed by atoms with E-state index in [-0.39, 0.29) is 0 Å². The molecule has 0 bridgehead atoms. The Hall–Kier alpha value is -3.66. The van der Waals surface area contributed by atoms with Gasteiger partial charge in [0.05, 0.1) is 23.3 Å². The van der Waals surface area contributed by atoms with E-state index in [1.165, 1.54) is 6.33 Å². The van der Waals surface area contributed by atoms with E-state index >= 15 is 0 Å². The quantitative estimate of drug-likeness (QED) is 0.464. The zero-order valence-electron chi connectivity index (χ0n) is 16.2. The van der Waals surface area contributed by atoms with Crippen molar-refractivity contribution in [2.75, 3.05) is 11.9 Å². The number of hydrogen-bond donors (Lipinski definition) is 2. The van der Waals surface area contributed by atoms with Gasteiger partial charge in [0, 0.05) is 22.3 Å². The van der Waals surface area contributed by atoms with Gasteiger partial charge in [-0.3, -0.25) is 4.98 Å². The molecular weight excluding hydrogens is 398 g/mol. The lowest BCUT2D eigenvalue weighted by Gasteiger charge is -2.11. The van der Waals surface area contributed by atoms with Gasteiger partial charge in [-0.25, -0.2) is 9.97 Å². The van der Waals surface area contributed by atoms with Crippen LogP contribution in [0.3, 0.4) is 0 Å². The molecule has 7 heteroatoms. The van der Waals surface area contributed by atoms with Gasteiger partial charge in [-0.2, -0.15) is 0 Å². The summed E-state index contributed by atoms with van der Waals surface area (Å²) in [7, 11) is 0. The number of nitrogens with two attached hydrogens (primary N) is 1. The molecule has 3 N–H and O–H groups in total. The summed E-state index contributed by atoms with van der Waals surface area (Å²) in [6.07, 6.45) is 3.18. The zero-order valence-corrected chi connectivity index (χ0v) is 16.9. The first-order chi connectivity index (χ1) is 14.6. The summed E-state index contributed by atoms with van der Waals surface area (Å²) in [6.45, 7) is 2.22. The van der Waals surface area contributed by atoms with E-state index in [0.29, 0.717) is 28.9 Å². The highest BCUT2D eigenvalue weighted by atomic mass is 35.5. The lowest BCUT2D eigenvalue weighted by atomic mass is 10.1. The second-order valence-corrected chi connectivity index (χ2v) is 6.87. The number of rotatable bonds is 4. The maximum absolute atomic E-state index is 6.43. The molecule has 4 aromatic rings. The van der Waals surface area contributed by atoms with Crippen LogP contribution in [0.2, 0.25) is 5.02 Å². The van der Waals surface area contributed by atoms with Gasteiger partial charge in [0.2, 0.25) is 0 Å². The SMILES string of the molecule is Cc1ccc(Oc2ccc(Nc3ncnc4ccc(C#CCN)cc34)cc2Cl)cn1. The molecule has 0 fully saturated rings. The first-order valence-electron chi connectivity index (χ1n) is 9.23. The maximum Gasteiger partial charge on any atom is 0.146 e. The van der Waals surface area contributed by atoms with E-state index in [2.05, 4.69) is 32.1 Å². The van der Waals surface area contributed by atoms with Gasteiger partial charge in [0.1, 0.15) is 23.6 Å². The summed E-state index contributed by atoms with van der Waals surface area (Å²) in [5.74, 6) is 7.70. The average molecular weight is 416 g/mol. The summed E-state index contributed by atoms with van der Waals surface area (Å²) in [5.41, 5.74) is 8.81. The lowest BCUT2D eigenvalue weighted by molar-refractivity contribution is 0.480. The van der Waals surface area contributed by atoms with E-state index < -0.39 is 0 Å². The van der Waals surface area contributed by atoms with Crippen molar-refractivity contribution >= 4 is 34.0 Å². The Morgan fingerprint density at radius 2 is 1.97 bits per heavy atom. The number of ether oxygens (including phenoxy) is 1. The van der Waals surface area contributed by atoms with E-state index in [1.807, 2.05) is 43.3 Å². The lowest BCUT2D eigenvalue weighted by Crippen LogP contribution is -1.97. The Kier molecular flexibility index (Phi) is 5.75. The molecular formula is C23H18ClN5O. The molecule has 2 aromatic carbocycles. The van der Waals surface area contributed by atoms with Crippen molar-refractivity contribution in [3.63, 3.8) is 0 Å². The molecule has 30 heavy (non-hydrogen) atoms. The first-order valence-corrected chi connectivity index (χ1v) is 9.61. The summed E-state index contributed by atoms with van der Waals surface area (Å²) < 4.78 is 5.82. The fourth-order valence-corrected chi connectivity index (χ4v) is 3.05. The molecule has 2 heterocycles. The molecule has 0 radical (unpaired) electrons. The Morgan fingerprint density at radius 1 is 1.07 bits per heavy atom. The molecule has 0 saturated heterocycles. The van der Waals surface area contributed by atoms with Crippen LogP contribution in [0.5, 0.6) is 11.5 Å². The molecule has 0 amide bonds. The molecule has 6 nitrogen and oxygen atoms in total. The van der Waals surface area contributed by atoms with Crippen molar-refractivity contribution in [2.24, 2.45) is 5.73 Å². The third-order valence-electron chi connectivity index (χ3n) is 4.28. The van der Waals surface area contributed by atoms with Crippen molar-refractivity contribution < 1.29 is 4.74 Å². The van der Waals surface area contributed by atoms with Crippen LogP contribution in [-0.4, -0.2) is 21.5 Å². The Balaban J connectivity index is 1.60. The van der Waals surface area contributed by atoms with E-state index in [0.717, 1.165) is 27.8 Å². The third kappa shape index (κ3) is 4.49. The minimum Gasteiger partial charge on any atom is -0.454 e. The molecule has 2 aromatic heterocycles. The first kappa shape index (κ1) is 19.6. The highest BCUT2D eigenvalue weighted by molar-refractivity contribution is 6.32. The van der Waals surface area contributed by atoms with Crippen LogP contribution >= 0.6 is 11.6 Å². The minimum absolute atomic E-state index is 0.306. The van der Waals surface area contributed by atoms with Crippen LogP contribution in [0, 0.1) is 18.8 Å². The monoisotopic (exact) mass is 415 g/mol. The van der Waals surface area contributed by atoms with Gasteiger partial charge in [0.25, 0.3) is 0 Å². The van der Waals surface area contributed by atoms with E-state index in [1.54, 1.807) is 18.3 Å². The van der Waals surface area contributed by atoms with Gasteiger partial charge < -0.3 is 15.8 Å². The molecule has 0 unspecified atom stereocenters. The molecule has 0 aliphatic heterocycles. The number of anilines is 2. The van der Waals surface area contributed by atoms with Crippen LogP contribution in [0.1, 0.15) is 11.3 Å². The van der Waals surface area contributed by atoms with Crippen LogP contribution in [0.25, 0.3) is 10.9 Å². The topological polar surface area (TPSA) is 86.0 Å². The number of benzene rings is 2. The number of halogens is 1. The fourth-order valence-electron chi connectivity index (χ4n) is 2.83. The second kappa shape index (κ2) is 8.78. The number of aromatic nitrogens is 3. The number of aryl methyl sites for hydroxylation is 1. The van der Waals surface area contributed by atoms with E-state index in [9.17, 15) is 0 Å². The van der Waals surface area contributed by atoms with E-state index in [4.69, 9.17) is 22.1 Å². The Bertz CT molecular complexity index is 1260. The molecule has 0 spiro atoms. The Labute approximate surface area is 179 Å². The smallest absolute Gasteiger partial charge is 0.146 e. The third-order valence-corrected chi connectivity index (χ3v) is 4.57. The van der Waals surface area contributed by atoms with Crippen LogP contribution in [0.4, 0.5) is 11.5 Å². The number of fused-ring (bicyclic) bond motifs is 1. The van der Waals surface area contributed by atoms with Crippen molar-refractivity contribution in [2.45, 2.75) is 6.92 Å². The number of pyridine rings is 1.